The molecule has 1 aromatic carbocycles. The van der Waals surface area contributed by atoms with E-state index in [2.05, 4.69) is 5.32 Å². The van der Waals surface area contributed by atoms with E-state index in [-0.39, 0.29) is 18.9 Å². The van der Waals surface area contributed by atoms with E-state index in [0.29, 0.717) is 10.7 Å². The molecule has 0 spiro atoms. The molecule has 0 unspecified atom stereocenters. The summed E-state index contributed by atoms with van der Waals surface area (Å²) < 4.78 is 0. The molecule has 0 aliphatic rings. The van der Waals surface area contributed by atoms with Gasteiger partial charge in [0.05, 0.1) is 13.0 Å². The van der Waals surface area contributed by atoms with Crippen LogP contribution in [0.25, 0.3) is 0 Å². The van der Waals surface area contributed by atoms with Gasteiger partial charge in [0.2, 0.25) is 5.91 Å². The number of nitrogens with one attached hydrogen (secondary N) is 1. The standard InChI is InChI=1S/C9H10ClNO2/c10-7-2-1-3-8(6-7)11-9(13)4-5-12/h1-3,6,12H,4-5H2,(H,11,13). The minimum atomic E-state index is -0.218. The van der Waals surface area contributed by atoms with Crippen molar-refractivity contribution in [2.45, 2.75) is 6.42 Å². The van der Waals surface area contributed by atoms with Crippen LogP contribution >= 0.6 is 11.6 Å². The van der Waals surface area contributed by atoms with Gasteiger partial charge in [-0.2, -0.15) is 0 Å². The molecular formula is C9H10ClNO2. The van der Waals surface area contributed by atoms with Crippen molar-refractivity contribution < 1.29 is 9.90 Å². The lowest BCUT2D eigenvalue weighted by Gasteiger charge is -2.03. The average molecular weight is 200 g/mol. The van der Waals surface area contributed by atoms with Gasteiger partial charge >= 0.3 is 0 Å². The van der Waals surface area contributed by atoms with Gasteiger partial charge in [-0.05, 0) is 18.2 Å². The van der Waals surface area contributed by atoms with E-state index in [1.165, 1.54) is 0 Å². The zero-order valence-electron chi connectivity index (χ0n) is 6.96. The molecule has 70 valence electrons. The first-order valence-electron chi connectivity index (χ1n) is 3.88. The maximum atomic E-state index is 11.0. The highest BCUT2D eigenvalue weighted by Crippen LogP contribution is 2.14. The first kappa shape index (κ1) is 10.0. The number of aliphatic hydroxyl groups excluding tert-OH is 1. The van der Waals surface area contributed by atoms with Crippen molar-refractivity contribution in [2.75, 3.05) is 11.9 Å². The predicted molar refractivity (Wildman–Crippen MR) is 51.8 cm³/mol. The molecule has 0 bridgehead atoms. The second-order valence-electron chi connectivity index (χ2n) is 2.53. The van der Waals surface area contributed by atoms with Gasteiger partial charge in [-0.1, -0.05) is 17.7 Å². The Morgan fingerprint density at radius 1 is 1.54 bits per heavy atom. The lowest BCUT2D eigenvalue weighted by Crippen LogP contribution is -2.12. The molecule has 1 rings (SSSR count). The van der Waals surface area contributed by atoms with Crippen LogP contribution in [0.15, 0.2) is 24.3 Å². The number of aliphatic hydroxyl groups is 1. The molecular weight excluding hydrogens is 190 g/mol. The van der Waals surface area contributed by atoms with E-state index >= 15 is 0 Å². The number of hydrogen-bond acceptors (Lipinski definition) is 2. The van der Waals surface area contributed by atoms with Crippen molar-refractivity contribution in [1.82, 2.24) is 0 Å². The smallest absolute Gasteiger partial charge is 0.226 e. The molecule has 1 amide bonds. The molecule has 0 aliphatic carbocycles. The number of carbonyl (C=O) groups is 1. The molecule has 13 heavy (non-hydrogen) atoms. The van der Waals surface area contributed by atoms with Gasteiger partial charge in [-0.15, -0.1) is 0 Å². The Morgan fingerprint density at radius 3 is 2.92 bits per heavy atom. The third-order valence-corrected chi connectivity index (χ3v) is 1.68. The summed E-state index contributed by atoms with van der Waals surface area (Å²) in [6.45, 7) is -0.146. The van der Waals surface area contributed by atoms with Gasteiger partial charge in [0.15, 0.2) is 0 Å². The fourth-order valence-corrected chi connectivity index (χ4v) is 1.08. The van der Waals surface area contributed by atoms with Crippen LogP contribution in [-0.4, -0.2) is 17.6 Å². The maximum absolute atomic E-state index is 11.0. The molecule has 3 nitrogen and oxygen atoms in total. The van der Waals surface area contributed by atoms with Crippen LogP contribution in [0.2, 0.25) is 5.02 Å². The van der Waals surface area contributed by atoms with E-state index in [4.69, 9.17) is 16.7 Å². The molecule has 0 fully saturated rings. The van der Waals surface area contributed by atoms with Gasteiger partial charge < -0.3 is 10.4 Å². The van der Waals surface area contributed by atoms with Crippen LogP contribution in [0.3, 0.4) is 0 Å². The normalized spacial score (nSPS) is 9.69. The van der Waals surface area contributed by atoms with Crippen LogP contribution in [0.4, 0.5) is 5.69 Å². The first-order chi connectivity index (χ1) is 6.22. The molecule has 0 saturated heterocycles. The second-order valence-corrected chi connectivity index (χ2v) is 2.97. The van der Waals surface area contributed by atoms with Crippen molar-refractivity contribution in [3.63, 3.8) is 0 Å². The maximum Gasteiger partial charge on any atom is 0.226 e. The minimum Gasteiger partial charge on any atom is -0.396 e. The summed E-state index contributed by atoms with van der Waals surface area (Å²) in [7, 11) is 0. The van der Waals surface area contributed by atoms with Crippen LogP contribution in [0.5, 0.6) is 0 Å². The Morgan fingerprint density at radius 2 is 2.31 bits per heavy atom. The van der Waals surface area contributed by atoms with Crippen molar-refractivity contribution in [1.29, 1.82) is 0 Å². The van der Waals surface area contributed by atoms with Crippen molar-refractivity contribution >= 4 is 23.2 Å². The van der Waals surface area contributed by atoms with E-state index in [0.717, 1.165) is 0 Å². The van der Waals surface area contributed by atoms with E-state index in [1.807, 2.05) is 0 Å². The summed E-state index contributed by atoms with van der Waals surface area (Å²) in [5, 5.41) is 11.7. The van der Waals surface area contributed by atoms with Gasteiger partial charge in [0.1, 0.15) is 0 Å². The van der Waals surface area contributed by atoms with E-state index in [9.17, 15) is 4.79 Å². The van der Waals surface area contributed by atoms with E-state index < -0.39 is 0 Å². The Balaban J connectivity index is 2.58. The lowest BCUT2D eigenvalue weighted by molar-refractivity contribution is -0.116. The molecule has 0 atom stereocenters. The Kier molecular flexibility index (Phi) is 3.73. The summed E-state index contributed by atoms with van der Waals surface area (Å²) >= 11 is 5.70. The number of anilines is 1. The van der Waals surface area contributed by atoms with Crippen LogP contribution in [0.1, 0.15) is 6.42 Å². The fourth-order valence-electron chi connectivity index (χ4n) is 0.891. The van der Waals surface area contributed by atoms with Crippen molar-refractivity contribution in [3.8, 4) is 0 Å². The highest BCUT2D eigenvalue weighted by atomic mass is 35.5. The number of rotatable bonds is 3. The summed E-state index contributed by atoms with van der Waals surface area (Å²) in [6.07, 6.45) is 0.104. The third-order valence-electron chi connectivity index (χ3n) is 1.45. The SMILES string of the molecule is O=C(CCO)Nc1cccc(Cl)c1. The Bertz CT molecular complexity index is 301. The van der Waals surface area contributed by atoms with Gasteiger partial charge in [-0.3, -0.25) is 4.79 Å². The molecule has 2 N–H and O–H groups in total. The van der Waals surface area contributed by atoms with Gasteiger partial charge in [0.25, 0.3) is 0 Å². The van der Waals surface area contributed by atoms with Crippen LogP contribution in [-0.2, 0) is 4.79 Å². The number of halogens is 1. The Labute approximate surface area is 81.3 Å². The quantitative estimate of drug-likeness (QED) is 0.778. The van der Waals surface area contributed by atoms with Crippen LogP contribution in [0, 0.1) is 0 Å². The summed E-state index contributed by atoms with van der Waals surface area (Å²) in [5.74, 6) is -0.218. The molecule has 4 heteroatoms. The fraction of sp³-hybridized carbons (Fsp3) is 0.222. The van der Waals surface area contributed by atoms with E-state index in [1.54, 1.807) is 24.3 Å². The Hall–Kier alpha value is -1.06. The second kappa shape index (κ2) is 4.84. The summed E-state index contributed by atoms with van der Waals surface area (Å²) in [6, 6.07) is 6.86. The first-order valence-corrected chi connectivity index (χ1v) is 4.26. The van der Waals surface area contributed by atoms with Crippen molar-refractivity contribution in [3.05, 3.63) is 29.3 Å². The molecule has 0 saturated carbocycles. The predicted octanol–water partition coefficient (Wildman–Crippen LogP) is 1.66. The molecule has 0 aromatic heterocycles. The van der Waals surface area contributed by atoms with Gasteiger partial charge in [0, 0.05) is 10.7 Å². The highest BCUT2D eigenvalue weighted by Gasteiger charge is 2.00. The van der Waals surface area contributed by atoms with Crippen molar-refractivity contribution in [2.24, 2.45) is 0 Å². The number of carbonyl (C=O) groups excluding carboxylic acids is 1. The lowest BCUT2D eigenvalue weighted by atomic mass is 10.3. The summed E-state index contributed by atoms with van der Waals surface area (Å²) in [4.78, 5) is 11.0. The summed E-state index contributed by atoms with van der Waals surface area (Å²) in [5.41, 5.74) is 0.644. The third kappa shape index (κ3) is 3.44. The monoisotopic (exact) mass is 199 g/mol. The van der Waals surface area contributed by atoms with Crippen LogP contribution < -0.4 is 5.32 Å². The molecule has 0 aliphatic heterocycles. The zero-order chi connectivity index (χ0) is 9.68. The number of amides is 1. The molecule has 1 aromatic rings. The average Bonchev–Trinajstić information content (AvgIpc) is 2.04. The zero-order valence-corrected chi connectivity index (χ0v) is 7.71. The number of hydrogen-bond donors (Lipinski definition) is 2. The number of benzene rings is 1. The molecule has 0 radical (unpaired) electrons. The topological polar surface area (TPSA) is 49.3 Å². The minimum absolute atomic E-state index is 0.104. The van der Waals surface area contributed by atoms with Gasteiger partial charge in [-0.25, -0.2) is 0 Å². The largest absolute Gasteiger partial charge is 0.396 e. The molecule has 0 heterocycles. The highest BCUT2D eigenvalue weighted by molar-refractivity contribution is 6.30.